The summed E-state index contributed by atoms with van der Waals surface area (Å²) >= 11 is 0. The lowest BCUT2D eigenvalue weighted by Gasteiger charge is -2.34. The highest BCUT2D eigenvalue weighted by molar-refractivity contribution is 5.50. The van der Waals surface area contributed by atoms with Gasteiger partial charge in [0, 0.05) is 51.2 Å². The zero-order valence-electron chi connectivity index (χ0n) is 13.9. The number of rotatable bonds is 5. The van der Waals surface area contributed by atoms with Gasteiger partial charge in [0.05, 0.1) is 0 Å². The molecule has 0 saturated carbocycles. The molecule has 1 aliphatic rings. The third-order valence-electron chi connectivity index (χ3n) is 4.19. The maximum atomic E-state index is 4.61. The standard InChI is InChI=1S/C17H24N6/c1-3-22-8-10-23(11-9-22)17-12-16(20-14(2)21-17)19-13-15-4-6-18-7-5-15/h4-7,12H,3,8-11,13H2,1-2H3,(H,19,20,21). The summed E-state index contributed by atoms with van der Waals surface area (Å²) in [5, 5.41) is 3.39. The molecule has 2 aromatic rings. The SMILES string of the molecule is CCN1CCN(c2cc(NCc3ccncc3)nc(C)n2)CC1. The summed E-state index contributed by atoms with van der Waals surface area (Å²) in [6.07, 6.45) is 3.61. The molecule has 122 valence electrons. The minimum Gasteiger partial charge on any atom is -0.366 e. The molecule has 3 rings (SSSR count). The molecule has 0 atom stereocenters. The Kier molecular flexibility index (Phi) is 5.02. The van der Waals surface area contributed by atoms with Crippen LogP contribution in [-0.4, -0.2) is 52.6 Å². The second-order valence-electron chi connectivity index (χ2n) is 5.79. The van der Waals surface area contributed by atoms with Gasteiger partial charge < -0.3 is 15.1 Å². The van der Waals surface area contributed by atoms with Gasteiger partial charge in [-0.3, -0.25) is 4.98 Å². The van der Waals surface area contributed by atoms with Gasteiger partial charge in [-0.25, -0.2) is 9.97 Å². The van der Waals surface area contributed by atoms with Crippen molar-refractivity contribution in [3.63, 3.8) is 0 Å². The lowest BCUT2D eigenvalue weighted by Crippen LogP contribution is -2.46. The van der Waals surface area contributed by atoms with E-state index in [9.17, 15) is 0 Å². The Morgan fingerprint density at radius 3 is 2.52 bits per heavy atom. The summed E-state index contributed by atoms with van der Waals surface area (Å²) in [4.78, 5) is 18.0. The predicted molar refractivity (Wildman–Crippen MR) is 92.7 cm³/mol. The number of anilines is 2. The average Bonchev–Trinajstić information content (AvgIpc) is 2.60. The van der Waals surface area contributed by atoms with E-state index in [2.05, 4.69) is 43.1 Å². The van der Waals surface area contributed by atoms with Crippen molar-refractivity contribution in [3.05, 3.63) is 42.0 Å². The van der Waals surface area contributed by atoms with E-state index in [1.54, 1.807) is 12.4 Å². The fourth-order valence-electron chi connectivity index (χ4n) is 2.79. The van der Waals surface area contributed by atoms with Crippen LogP contribution in [0.1, 0.15) is 18.3 Å². The molecule has 2 aromatic heterocycles. The Morgan fingerprint density at radius 1 is 1.09 bits per heavy atom. The summed E-state index contributed by atoms with van der Waals surface area (Å²) in [6, 6.07) is 6.06. The fourth-order valence-corrected chi connectivity index (χ4v) is 2.79. The van der Waals surface area contributed by atoms with Gasteiger partial charge in [0.1, 0.15) is 17.5 Å². The molecular weight excluding hydrogens is 288 g/mol. The van der Waals surface area contributed by atoms with Crippen molar-refractivity contribution in [2.75, 3.05) is 42.9 Å². The maximum Gasteiger partial charge on any atom is 0.134 e. The van der Waals surface area contributed by atoms with E-state index in [1.807, 2.05) is 19.1 Å². The largest absolute Gasteiger partial charge is 0.366 e. The van der Waals surface area contributed by atoms with E-state index in [4.69, 9.17) is 0 Å². The van der Waals surface area contributed by atoms with Crippen LogP contribution in [0.25, 0.3) is 0 Å². The third-order valence-corrected chi connectivity index (χ3v) is 4.19. The van der Waals surface area contributed by atoms with Crippen molar-refractivity contribution in [2.45, 2.75) is 20.4 Å². The van der Waals surface area contributed by atoms with Gasteiger partial charge in [0.25, 0.3) is 0 Å². The van der Waals surface area contributed by atoms with Crippen molar-refractivity contribution in [1.82, 2.24) is 19.9 Å². The molecule has 0 radical (unpaired) electrons. The number of hydrogen-bond donors (Lipinski definition) is 1. The molecule has 1 N–H and O–H groups in total. The molecule has 0 spiro atoms. The number of likely N-dealkylation sites (N-methyl/N-ethyl adjacent to an activating group) is 1. The first-order valence-corrected chi connectivity index (χ1v) is 8.20. The molecule has 0 amide bonds. The highest BCUT2D eigenvalue weighted by atomic mass is 15.3. The van der Waals surface area contributed by atoms with E-state index in [0.717, 1.165) is 56.7 Å². The van der Waals surface area contributed by atoms with Crippen molar-refractivity contribution in [2.24, 2.45) is 0 Å². The fraction of sp³-hybridized carbons (Fsp3) is 0.471. The van der Waals surface area contributed by atoms with E-state index >= 15 is 0 Å². The zero-order valence-corrected chi connectivity index (χ0v) is 13.9. The molecule has 0 aromatic carbocycles. The Balaban J connectivity index is 1.67. The minimum absolute atomic E-state index is 0.738. The summed E-state index contributed by atoms with van der Waals surface area (Å²) in [6.45, 7) is 10.3. The molecular formula is C17H24N6. The topological polar surface area (TPSA) is 57.2 Å². The average molecular weight is 312 g/mol. The molecule has 0 unspecified atom stereocenters. The van der Waals surface area contributed by atoms with Crippen LogP contribution in [0.15, 0.2) is 30.6 Å². The van der Waals surface area contributed by atoms with Crippen LogP contribution in [-0.2, 0) is 6.54 Å². The van der Waals surface area contributed by atoms with Crippen molar-refractivity contribution < 1.29 is 0 Å². The quantitative estimate of drug-likeness (QED) is 0.910. The number of pyridine rings is 1. The summed E-state index contributed by atoms with van der Waals surface area (Å²) < 4.78 is 0. The molecule has 6 nitrogen and oxygen atoms in total. The van der Waals surface area contributed by atoms with Gasteiger partial charge in [0.15, 0.2) is 0 Å². The number of piperazine rings is 1. The van der Waals surface area contributed by atoms with E-state index < -0.39 is 0 Å². The smallest absolute Gasteiger partial charge is 0.134 e. The lowest BCUT2D eigenvalue weighted by atomic mass is 10.2. The number of aryl methyl sites for hydroxylation is 1. The molecule has 0 bridgehead atoms. The zero-order chi connectivity index (χ0) is 16.1. The van der Waals surface area contributed by atoms with E-state index in [0.29, 0.717) is 0 Å². The van der Waals surface area contributed by atoms with Crippen LogP contribution in [0, 0.1) is 6.92 Å². The Morgan fingerprint density at radius 2 is 1.83 bits per heavy atom. The normalized spacial score (nSPS) is 15.7. The molecule has 1 saturated heterocycles. The van der Waals surface area contributed by atoms with Gasteiger partial charge in [-0.2, -0.15) is 0 Å². The predicted octanol–water partition coefficient (Wildman–Crippen LogP) is 1.93. The first-order chi connectivity index (χ1) is 11.2. The summed E-state index contributed by atoms with van der Waals surface area (Å²) in [5.41, 5.74) is 1.19. The van der Waals surface area contributed by atoms with Gasteiger partial charge in [-0.1, -0.05) is 6.92 Å². The maximum absolute atomic E-state index is 4.61. The number of nitrogens with zero attached hydrogens (tertiary/aromatic N) is 5. The van der Waals surface area contributed by atoms with Crippen LogP contribution in [0.2, 0.25) is 0 Å². The number of hydrogen-bond acceptors (Lipinski definition) is 6. The number of nitrogens with one attached hydrogen (secondary N) is 1. The first-order valence-electron chi connectivity index (χ1n) is 8.20. The van der Waals surface area contributed by atoms with Crippen LogP contribution in [0.3, 0.4) is 0 Å². The van der Waals surface area contributed by atoms with E-state index in [1.165, 1.54) is 5.56 Å². The van der Waals surface area contributed by atoms with Crippen LogP contribution >= 0.6 is 0 Å². The van der Waals surface area contributed by atoms with Gasteiger partial charge >= 0.3 is 0 Å². The Labute approximate surface area is 137 Å². The Bertz CT molecular complexity index is 622. The van der Waals surface area contributed by atoms with Crippen LogP contribution < -0.4 is 10.2 Å². The van der Waals surface area contributed by atoms with Crippen molar-refractivity contribution in [3.8, 4) is 0 Å². The van der Waals surface area contributed by atoms with E-state index in [-0.39, 0.29) is 0 Å². The molecule has 1 aliphatic heterocycles. The molecule has 6 heteroatoms. The Hall–Kier alpha value is -2.21. The molecule has 1 fully saturated rings. The second-order valence-corrected chi connectivity index (χ2v) is 5.79. The van der Waals surface area contributed by atoms with Gasteiger partial charge in [-0.05, 0) is 31.2 Å². The van der Waals surface area contributed by atoms with Crippen molar-refractivity contribution >= 4 is 11.6 Å². The summed E-state index contributed by atoms with van der Waals surface area (Å²) in [5.74, 6) is 2.70. The third kappa shape index (κ3) is 4.16. The summed E-state index contributed by atoms with van der Waals surface area (Å²) in [7, 11) is 0. The minimum atomic E-state index is 0.738. The number of aromatic nitrogens is 3. The molecule has 3 heterocycles. The van der Waals surface area contributed by atoms with Crippen LogP contribution in [0.4, 0.5) is 11.6 Å². The van der Waals surface area contributed by atoms with Crippen molar-refractivity contribution in [1.29, 1.82) is 0 Å². The molecule has 0 aliphatic carbocycles. The lowest BCUT2D eigenvalue weighted by molar-refractivity contribution is 0.270. The second kappa shape index (κ2) is 7.37. The monoisotopic (exact) mass is 312 g/mol. The highest BCUT2D eigenvalue weighted by Gasteiger charge is 2.17. The molecule has 23 heavy (non-hydrogen) atoms. The van der Waals surface area contributed by atoms with Gasteiger partial charge in [-0.15, -0.1) is 0 Å². The van der Waals surface area contributed by atoms with Gasteiger partial charge in [0.2, 0.25) is 0 Å². The van der Waals surface area contributed by atoms with Crippen LogP contribution in [0.5, 0.6) is 0 Å². The highest BCUT2D eigenvalue weighted by Crippen LogP contribution is 2.18. The first kappa shape index (κ1) is 15.7.